The molecule has 1 aliphatic heterocycles. The normalized spacial score (nSPS) is 14.7. The molecule has 1 fully saturated rings. The molecule has 1 saturated heterocycles. The van der Waals surface area contributed by atoms with Crippen molar-refractivity contribution >= 4 is 16.9 Å². The third-order valence-corrected chi connectivity index (χ3v) is 6.29. The summed E-state index contributed by atoms with van der Waals surface area (Å²) in [5, 5.41) is 0.505. The first-order chi connectivity index (χ1) is 16.1. The Balaban J connectivity index is 1.36. The molecule has 0 unspecified atom stereocenters. The van der Waals surface area contributed by atoms with Crippen molar-refractivity contribution < 1.29 is 9.21 Å². The van der Waals surface area contributed by atoms with Gasteiger partial charge in [0, 0.05) is 32.2 Å². The zero-order valence-corrected chi connectivity index (χ0v) is 18.6. The minimum absolute atomic E-state index is 0.104. The monoisotopic (exact) mass is 438 g/mol. The first kappa shape index (κ1) is 21.2. The molecule has 0 radical (unpaired) electrons. The van der Waals surface area contributed by atoms with E-state index in [0.717, 1.165) is 18.7 Å². The fraction of sp³-hybridized carbons (Fsp3) is 0.214. The molecule has 0 bridgehead atoms. The van der Waals surface area contributed by atoms with Crippen molar-refractivity contribution in [3.63, 3.8) is 0 Å². The second-order valence-corrected chi connectivity index (χ2v) is 8.53. The molecule has 0 N–H and O–H groups in total. The largest absolute Gasteiger partial charge is 0.451 e. The number of hydrogen-bond acceptors (Lipinski definition) is 4. The maximum Gasteiger partial charge on any atom is 0.289 e. The Morgan fingerprint density at radius 3 is 2.03 bits per heavy atom. The van der Waals surface area contributed by atoms with Crippen LogP contribution in [0.5, 0.6) is 0 Å². The van der Waals surface area contributed by atoms with Gasteiger partial charge in [0.15, 0.2) is 11.2 Å². The molecule has 33 heavy (non-hydrogen) atoms. The maximum atomic E-state index is 13.2. The summed E-state index contributed by atoms with van der Waals surface area (Å²) >= 11 is 0. The second kappa shape index (κ2) is 9.04. The van der Waals surface area contributed by atoms with Gasteiger partial charge in [0.25, 0.3) is 5.91 Å². The van der Waals surface area contributed by atoms with Gasteiger partial charge in [0.05, 0.1) is 11.4 Å². The van der Waals surface area contributed by atoms with Gasteiger partial charge in [-0.2, -0.15) is 0 Å². The third kappa shape index (κ3) is 4.32. The van der Waals surface area contributed by atoms with Gasteiger partial charge in [0.2, 0.25) is 0 Å². The first-order valence-corrected chi connectivity index (χ1v) is 11.3. The van der Waals surface area contributed by atoms with Gasteiger partial charge in [-0.05, 0) is 30.2 Å². The zero-order valence-electron chi connectivity index (χ0n) is 18.6. The summed E-state index contributed by atoms with van der Waals surface area (Å²) in [6, 6.07) is 27.8. The van der Waals surface area contributed by atoms with Crippen LogP contribution < -0.4 is 5.43 Å². The number of benzene rings is 3. The standard InChI is InChI=1S/C28H26N2O3/c1-20-12-13-25-23(18-20)24(31)19-26(33-25)28(32)30-16-14-29(15-17-30)27(21-8-4-2-5-9-21)22-10-6-3-7-11-22/h2-13,18-19,27H,14-17H2,1H3. The predicted molar refractivity (Wildman–Crippen MR) is 129 cm³/mol. The van der Waals surface area contributed by atoms with Gasteiger partial charge in [-0.15, -0.1) is 0 Å². The minimum Gasteiger partial charge on any atom is -0.451 e. The van der Waals surface area contributed by atoms with Crippen LogP contribution in [0.25, 0.3) is 11.0 Å². The van der Waals surface area contributed by atoms with Gasteiger partial charge in [0.1, 0.15) is 5.58 Å². The average Bonchev–Trinajstić information content (AvgIpc) is 2.86. The second-order valence-electron chi connectivity index (χ2n) is 8.53. The Morgan fingerprint density at radius 1 is 0.818 bits per heavy atom. The SMILES string of the molecule is Cc1ccc2oc(C(=O)N3CCN(C(c4ccccc4)c4ccccc4)CC3)cc(=O)c2c1. The van der Waals surface area contributed by atoms with Crippen molar-refractivity contribution in [1.82, 2.24) is 9.80 Å². The summed E-state index contributed by atoms with van der Waals surface area (Å²) in [5.74, 6) is -0.127. The summed E-state index contributed by atoms with van der Waals surface area (Å²) in [6.07, 6.45) is 0. The van der Waals surface area contributed by atoms with Crippen LogP contribution in [-0.2, 0) is 0 Å². The third-order valence-electron chi connectivity index (χ3n) is 6.29. The van der Waals surface area contributed by atoms with Gasteiger partial charge in [-0.3, -0.25) is 14.5 Å². The highest BCUT2D eigenvalue weighted by Crippen LogP contribution is 2.29. The van der Waals surface area contributed by atoms with Crippen LogP contribution in [0.2, 0.25) is 0 Å². The molecule has 3 aromatic carbocycles. The smallest absolute Gasteiger partial charge is 0.289 e. The van der Waals surface area contributed by atoms with E-state index in [-0.39, 0.29) is 23.1 Å². The van der Waals surface area contributed by atoms with E-state index in [4.69, 9.17) is 4.42 Å². The maximum absolute atomic E-state index is 13.2. The summed E-state index contributed by atoms with van der Waals surface area (Å²) in [4.78, 5) is 29.9. The summed E-state index contributed by atoms with van der Waals surface area (Å²) in [5.41, 5.74) is 3.72. The number of nitrogens with zero attached hydrogens (tertiary/aromatic N) is 2. The number of piperazine rings is 1. The highest BCUT2D eigenvalue weighted by atomic mass is 16.3. The highest BCUT2D eigenvalue weighted by Gasteiger charge is 2.29. The van der Waals surface area contributed by atoms with E-state index in [0.29, 0.717) is 24.1 Å². The van der Waals surface area contributed by atoms with Crippen LogP contribution >= 0.6 is 0 Å². The molecule has 1 aromatic heterocycles. The molecular weight excluding hydrogens is 412 g/mol. The van der Waals surface area contributed by atoms with Crippen molar-refractivity contribution in [1.29, 1.82) is 0 Å². The number of carbonyl (C=O) groups is 1. The van der Waals surface area contributed by atoms with Crippen molar-refractivity contribution in [2.45, 2.75) is 13.0 Å². The molecule has 4 aromatic rings. The number of aryl methyl sites for hydroxylation is 1. The van der Waals surface area contributed by atoms with E-state index in [2.05, 4.69) is 53.4 Å². The fourth-order valence-corrected chi connectivity index (χ4v) is 4.60. The molecule has 0 aliphatic carbocycles. The van der Waals surface area contributed by atoms with E-state index in [9.17, 15) is 9.59 Å². The number of hydrogen-bond donors (Lipinski definition) is 0. The fourth-order valence-electron chi connectivity index (χ4n) is 4.60. The van der Waals surface area contributed by atoms with Crippen molar-refractivity contribution in [2.75, 3.05) is 26.2 Å². The quantitative estimate of drug-likeness (QED) is 0.466. The molecule has 1 aliphatic rings. The van der Waals surface area contributed by atoms with Crippen LogP contribution in [-0.4, -0.2) is 41.9 Å². The number of rotatable bonds is 4. The highest BCUT2D eigenvalue weighted by molar-refractivity contribution is 5.93. The minimum atomic E-state index is -0.231. The van der Waals surface area contributed by atoms with Crippen LogP contribution in [0, 0.1) is 6.92 Å². The van der Waals surface area contributed by atoms with Crippen LogP contribution in [0.4, 0.5) is 0 Å². The van der Waals surface area contributed by atoms with Crippen LogP contribution in [0.3, 0.4) is 0 Å². The van der Waals surface area contributed by atoms with E-state index >= 15 is 0 Å². The van der Waals surface area contributed by atoms with E-state index in [1.54, 1.807) is 17.0 Å². The topological polar surface area (TPSA) is 53.8 Å². The summed E-state index contributed by atoms with van der Waals surface area (Å²) in [7, 11) is 0. The molecule has 0 saturated carbocycles. The van der Waals surface area contributed by atoms with Crippen LogP contribution in [0.1, 0.15) is 33.3 Å². The van der Waals surface area contributed by atoms with Gasteiger partial charge >= 0.3 is 0 Å². The Kier molecular flexibility index (Phi) is 5.80. The van der Waals surface area contributed by atoms with Crippen molar-refractivity contribution in [3.05, 3.63) is 118 Å². The van der Waals surface area contributed by atoms with Crippen molar-refractivity contribution in [2.24, 2.45) is 0 Å². The molecule has 0 spiro atoms. The lowest BCUT2D eigenvalue weighted by atomic mass is 9.96. The summed E-state index contributed by atoms with van der Waals surface area (Å²) < 4.78 is 5.82. The zero-order chi connectivity index (χ0) is 22.8. The lowest BCUT2D eigenvalue weighted by Gasteiger charge is -2.39. The lowest BCUT2D eigenvalue weighted by Crippen LogP contribution is -2.50. The average molecular weight is 439 g/mol. The number of fused-ring (bicyclic) bond motifs is 1. The molecule has 5 nitrogen and oxygen atoms in total. The van der Waals surface area contributed by atoms with Crippen LogP contribution in [0.15, 0.2) is 94.1 Å². The molecule has 2 heterocycles. The number of carbonyl (C=O) groups excluding carboxylic acids is 1. The molecule has 1 amide bonds. The van der Waals surface area contributed by atoms with Gasteiger partial charge in [-0.1, -0.05) is 72.3 Å². The number of amides is 1. The summed E-state index contributed by atoms with van der Waals surface area (Å²) in [6.45, 7) is 4.54. The Labute approximate surface area is 192 Å². The van der Waals surface area contributed by atoms with E-state index < -0.39 is 0 Å². The van der Waals surface area contributed by atoms with Gasteiger partial charge in [-0.25, -0.2) is 0 Å². The molecule has 5 heteroatoms. The molecule has 5 rings (SSSR count). The Morgan fingerprint density at radius 2 is 1.42 bits per heavy atom. The van der Waals surface area contributed by atoms with E-state index in [1.165, 1.54) is 17.2 Å². The van der Waals surface area contributed by atoms with Gasteiger partial charge < -0.3 is 9.32 Å². The predicted octanol–water partition coefficient (Wildman–Crippen LogP) is 4.65. The Hall–Kier alpha value is -3.70. The lowest BCUT2D eigenvalue weighted by molar-refractivity contribution is 0.0568. The first-order valence-electron chi connectivity index (χ1n) is 11.3. The molecular formula is C28H26N2O3. The molecule has 166 valence electrons. The Bertz CT molecular complexity index is 1280. The molecule has 0 atom stereocenters. The van der Waals surface area contributed by atoms with Crippen molar-refractivity contribution in [3.8, 4) is 0 Å². The van der Waals surface area contributed by atoms with E-state index in [1.807, 2.05) is 25.1 Å².